The van der Waals surface area contributed by atoms with Gasteiger partial charge < -0.3 is 15.5 Å². The molecule has 1 unspecified atom stereocenters. The molecule has 7 nitrogen and oxygen atoms in total. The van der Waals surface area contributed by atoms with Crippen LogP contribution in [0.4, 0.5) is 10.5 Å². The van der Waals surface area contributed by atoms with E-state index in [2.05, 4.69) is 43.6 Å². The Morgan fingerprint density at radius 3 is 2.83 bits per heavy atom. The quantitative estimate of drug-likeness (QED) is 0.636. The number of halogens is 1. The summed E-state index contributed by atoms with van der Waals surface area (Å²) in [6.45, 7) is 2.65. The van der Waals surface area contributed by atoms with Crippen molar-refractivity contribution < 1.29 is 14.4 Å². The molecule has 1 aromatic rings. The third-order valence-electron chi connectivity index (χ3n) is 6.31. The Morgan fingerprint density at radius 1 is 1.28 bits per heavy atom. The van der Waals surface area contributed by atoms with Crippen LogP contribution in [0.25, 0.3) is 0 Å². The van der Waals surface area contributed by atoms with Crippen LogP contribution in [0.15, 0.2) is 28.7 Å². The fraction of sp³-hybridized carbons (Fsp3) is 0.571. The van der Waals surface area contributed by atoms with E-state index in [0.29, 0.717) is 25.3 Å². The molecule has 3 fully saturated rings. The van der Waals surface area contributed by atoms with E-state index in [1.54, 1.807) is 0 Å². The van der Waals surface area contributed by atoms with E-state index in [4.69, 9.17) is 0 Å². The van der Waals surface area contributed by atoms with Gasteiger partial charge in [0, 0.05) is 42.8 Å². The summed E-state index contributed by atoms with van der Waals surface area (Å²) >= 11 is 3.51. The van der Waals surface area contributed by atoms with Crippen LogP contribution in [0.2, 0.25) is 0 Å². The van der Waals surface area contributed by atoms with Crippen LogP contribution in [-0.2, 0) is 9.59 Å². The van der Waals surface area contributed by atoms with Crippen LogP contribution >= 0.6 is 15.9 Å². The molecular weight excluding hydrogens is 436 g/mol. The molecule has 8 heteroatoms. The van der Waals surface area contributed by atoms with Crippen molar-refractivity contribution in [2.45, 2.75) is 44.1 Å². The fourth-order valence-corrected chi connectivity index (χ4v) is 5.05. The molecule has 2 saturated heterocycles. The van der Waals surface area contributed by atoms with Gasteiger partial charge >= 0.3 is 6.03 Å². The van der Waals surface area contributed by atoms with Crippen LogP contribution in [0.3, 0.4) is 0 Å². The molecule has 1 aromatic carbocycles. The maximum Gasteiger partial charge on any atom is 0.325 e. The normalized spacial score (nSPS) is 23.1. The number of hydrogen-bond acceptors (Lipinski definition) is 4. The molecule has 2 N–H and O–H groups in total. The van der Waals surface area contributed by atoms with Gasteiger partial charge in [0.1, 0.15) is 5.54 Å². The molecule has 4 amide bonds. The maximum absolute atomic E-state index is 12.6. The minimum Gasteiger partial charge on any atom is -0.371 e. The van der Waals surface area contributed by atoms with Gasteiger partial charge in [0.25, 0.3) is 5.91 Å². The lowest BCUT2D eigenvalue weighted by molar-refractivity contribution is -0.131. The van der Waals surface area contributed by atoms with Crippen molar-refractivity contribution in [3.8, 4) is 0 Å². The minimum atomic E-state index is -0.701. The average Bonchev–Trinajstić information content (AvgIpc) is 3.41. The Bertz CT molecular complexity index is 809. The number of urea groups is 1. The van der Waals surface area contributed by atoms with Crippen molar-refractivity contribution in [1.29, 1.82) is 0 Å². The zero-order valence-electron chi connectivity index (χ0n) is 16.5. The van der Waals surface area contributed by atoms with E-state index in [9.17, 15) is 14.4 Å². The van der Waals surface area contributed by atoms with E-state index in [1.165, 1.54) is 10.6 Å². The van der Waals surface area contributed by atoms with E-state index in [0.717, 1.165) is 36.8 Å². The summed E-state index contributed by atoms with van der Waals surface area (Å²) in [5.74, 6) is 0.128. The van der Waals surface area contributed by atoms with Crippen molar-refractivity contribution in [3.05, 3.63) is 28.7 Å². The molecular formula is C21H27BrN4O3. The minimum absolute atomic E-state index is 0.112. The molecule has 2 aliphatic heterocycles. The summed E-state index contributed by atoms with van der Waals surface area (Å²) in [7, 11) is 0. The lowest BCUT2D eigenvalue weighted by Crippen LogP contribution is -2.44. The van der Waals surface area contributed by atoms with Gasteiger partial charge in [0.05, 0.1) is 0 Å². The summed E-state index contributed by atoms with van der Waals surface area (Å²) in [4.78, 5) is 40.6. The standard InChI is InChI=1S/C21H27BrN4O3/c22-16-4-3-5-17(12-16)25-10-6-15(14-25)13-23-18(27)7-11-26-19(28)21(24-20(26)29)8-1-2-9-21/h3-5,12,15H,1-2,6-11,13-14H2,(H,23,27)(H,24,29). The van der Waals surface area contributed by atoms with Crippen molar-refractivity contribution in [2.75, 3.05) is 31.1 Å². The van der Waals surface area contributed by atoms with Gasteiger partial charge in [0.2, 0.25) is 5.91 Å². The van der Waals surface area contributed by atoms with Crippen LogP contribution < -0.4 is 15.5 Å². The van der Waals surface area contributed by atoms with E-state index in [-0.39, 0.29) is 30.8 Å². The number of carbonyl (C=O) groups excluding carboxylic acids is 3. The van der Waals surface area contributed by atoms with Crippen LogP contribution in [0.5, 0.6) is 0 Å². The number of hydrogen-bond donors (Lipinski definition) is 2. The van der Waals surface area contributed by atoms with E-state index in [1.807, 2.05) is 12.1 Å². The molecule has 156 valence electrons. The van der Waals surface area contributed by atoms with Crippen LogP contribution in [0, 0.1) is 5.92 Å². The number of amides is 4. The van der Waals surface area contributed by atoms with Gasteiger partial charge in [-0.25, -0.2) is 4.79 Å². The number of imide groups is 1. The van der Waals surface area contributed by atoms with Crippen LogP contribution in [-0.4, -0.2) is 54.5 Å². The van der Waals surface area contributed by atoms with Crippen LogP contribution in [0.1, 0.15) is 38.5 Å². The predicted molar refractivity (Wildman–Crippen MR) is 114 cm³/mol. The Labute approximate surface area is 179 Å². The predicted octanol–water partition coefficient (Wildman–Crippen LogP) is 2.65. The molecule has 3 aliphatic rings. The first-order chi connectivity index (χ1) is 14.0. The Kier molecular flexibility index (Phi) is 5.81. The first-order valence-electron chi connectivity index (χ1n) is 10.4. The summed E-state index contributed by atoms with van der Waals surface area (Å²) in [6, 6.07) is 7.89. The molecule has 1 spiro atoms. The van der Waals surface area contributed by atoms with Gasteiger partial charge in [-0.05, 0) is 43.4 Å². The molecule has 2 heterocycles. The average molecular weight is 463 g/mol. The molecule has 1 saturated carbocycles. The highest BCUT2D eigenvalue weighted by molar-refractivity contribution is 9.10. The zero-order chi connectivity index (χ0) is 20.4. The number of nitrogens with zero attached hydrogens (tertiary/aromatic N) is 2. The number of rotatable bonds is 6. The summed E-state index contributed by atoms with van der Waals surface area (Å²) in [5.41, 5.74) is 0.487. The van der Waals surface area contributed by atoms with Gasteiger partial charge in [-0.3, -0.25) is 14.5 Å². The monoisotopic (exact) mass is 462 g/mol. The summed E-state index contributed by atoms with van der Waals surface area (Å²) in [6.07, 6.45) is 4.50. The maximum atomic E-state index is 12.6. The highest BCUT2D eigenvalue weighted by Gasteiger charge is 2.52. The smallest absolute Gasteiger partial charge is 0.325 e. The molecule has 0 aromatic heterocycles. The lowest BCUT2D eigenvalue weighted by Gasteiger charge is -2.20. The second-order valence-corrected chi connectivity index (χ2v) is 9.23. The Hall–Kier alpha value is -2.09. The largest absolute Gasteiger partial charge is 0.371 e. The summed E-state index contributed by atoms with van der Waals surface area (Å²) < 4.78 is 1.06. The third kappa shape index (κ3) is 4.27. The topological polar surface area (TPSA) is 81.8 Å². The molecule has 1 aliphatic carbocycles. The van der Waals surface area contributed by atoms with Crippen molar-refractivity contribution >= 4 is 39.5 Å². The van der Waals surface area contributed by atoms with Gasteiger partial charge in [-0.1, -0.05) is 34.8 Å². The van der Waals surface area contributed by atoms with Gasteiger partial charge in [-0.15, -0.1) is 0 Å². The first-order valence-corrected chi connectivity index (χ1v) is 11.2. The molecule has 4 rings (SSSR count). The number of benzene rings is 1. The van der Waals surface area contributed by atoms with Crippen molar-refractivity contribution in [1.82, 2.24) is 15.5 Å². The highest BCUT2D eigenvalue weighted by Crippen LogP contribution is 2.35. The van der Waals surface area contributed by atoms with Gasteiger partial charge in [0.15, 0.2) is 0 Å². The Balaban J connectivity index is 1.21. The van der Waals surface area contributed by atoms with Crippen molar-refractivity contribution in [2.24, 2.45) is 5.92 Å². The number of anilines is 1. The SMILES string of the molecule is O=C(CCN1C(=O)NC2(CCCC2)C1=O)NCC1CCN(c2cccc(Br)c2)C1. The van der Waals surface area contributed by atoms with Gasteiger partial charge in [-0.2, -0.15) is 0 Å². The molecule has 0 radical (unpaired) electrons. The van der Waals surface area contributed by atoms with E-state index < -0.39 is 5.54 Å². The summed E-state index contributed by atoms with van der Waals surface area (Å²) in [5, 5.41) is 5.83. The fourth-order valence-electron chi connectivity index (χ4n) is 4.66. The molecule has 0 bridgehead atoms. The zero-order valence-corrected chi connectivity index (χ0v) is 18.0. The number of nitrogens with one attached hydrogen (secondary N) is 2. The van der Waals surface area contributed by atoms with Crippen molar-refractivity contribution in [3.63, 3.8) is 0 Å². The number of carbonyl (C=O) groups is 3. The third-order valence-corrected chi connectivity index (χ3v) is 6.81. The second-order valence-electron chi connectivity index (χ2n) is 8.31. The van der Waals surface area contributed by atoms with E-state index >= 15 is 0 Å². The highest BCUT2D eigenvalue weighted by atomic mass is 79.9. The lowest BCUT2D eigenvalue weighted by atomic mass is 9.98. The molecule has 29 heavy (non-hydrogen) atoms. The second kappa shape index (κ2) is 8.34. The first kappa shape index (κ1) is 20.2. The Morgan fingerprint density at radius 2 is 2.07 bits per heavy atom. The molecule has 1 atom stereocenters.